The molecule has 0 bridgehead atoms. The Balaban J connectivity index is 2.12. The van der Waals surface area contributed by atoms with Gasteiger partial charge in [0, 0.05) is 41.6 Å². The van der Waals surface area contributed by atoms with Crippen molar-refractivity contribution < 1.29 is 13.9 Å². The quantitative estimate of drug-likeness (QED) is 0.551. The second-order valence-corrected chi connectivity index (χ2v) is 5.82. The first kappa shape index (κ1) is 17.0. The summed E-state index contributed by atoms with van der Waals surface area (Å²) in [5, 5.41) is 1.63. The molecule has 2 aromatic heterocycles. The lowest BCUT2D eigenvalue weighted by Gasteiger charge is -2.13. The van der Waals surface area contributed by atoms with E-state index >= 15 is 0 Å². The van der Waals surface area contributed by atoms with Crippen LogP contribution >= 0.6 is 11.6 Å². The third-order valence-electron chi connectivity index (χ3n) is 3.87. The number of halogens is 1. The van der Waals surface area contributed by atoms with Gasteiger partial charge in [0.25, 0.3) is 0 Å². The molecule has 0 fully saturated rings. The molecule has 0 unspecified atom stereocenters. The summed E-state index contributed by atoms with van der Waals surface area (Å²) in [6.07, 6.45) is 3.06. The van der Waals surface area contributed by atoms with Crippen LogP contribution in [0.2, 0.25) is 5.02 Å². The van der Waals surface area contributed by atoms with Crippen LogP contribution in [0.4, 0.5) is 0 Å². The largest absolute Gasteiger partial charge is 0.455 e. The molecule has 0 spiro atoms. The first-order chi connectivity index (χ1) is 11.7. The van der Waals surface area contributed by atoms with E-state index in [1.165, 1.54) is 0 Å². The lowest BCUT2D eigenvalue weighted by atomic mass is 10.0. The van der Waals surface area contributed by atoms with Gasteiger partial charge in [0.15, 0.2) is 5.76 Å². The number of hydrogen-bond acceptors (Lipinski definition) is 4. The minimum Gasteiger partial charge on any atom is -0.455 e. The zero-order valence-corrected chi connectivity index (χ0v) is 14.8. The maximum atomic E-state index is 6.26. The topological polar surface area (TPSA) is 44.5 Å². The number of nitrogens with zero attached hydrogens (tertiary/aromatic N) is 1. The smallest absolute Gasteiger partial charge is 0.217 e. The zero-order chi connectivity index (χ0) is 17.1. The lowest BCUT2D eigenvalue weighted by molar-refractivity contribution is -0.150. The summed E-state index contributed by atoms with van der Waals surface area (Å²) >= 11 is 6.26. The van der Waals surface area contributed by atoms with Gasteiger partial charge in [-0.2, -0.15) is 0 Å². The Morgan fingerprint density at radius 3 is 2.58 bits per heavy atom. The average Bonchev–Trinajstić information content (AvgIpc) is 3.01. The van der Waals surface area contributed by atoms with Gasteiger partial charge in [-0.1, -0.05) is 23.7 Å². The van der Waals surface area contributed by atoms with Crippen LogP contribution in [0.25, 0.3) is 22.1 Å². The van der Waals surface area contributed by atoms with E-state index < -0.39 is 6.29 Å². The minimum atomic E-state index is -0.513. The van der Waals surface area contributed by atoms with Crippen LogP contribution in [0.3, 0.4) is 0 Å². The van der Waals surface area contributed by atoms with Gasteiger partial charge in [-0.3, -0.25) is 4.98 Å². The van der Waals surface area contributed by atoms with Gasteiger partial charge in [0.2, 0.25) is 6.29 Å². The van der Waals surface area contributed by atoms with E-state index in [0.29, 0.717) is 19.0 Å². The SMILES string of the molecule is CCOC(OCC)c1cc2cncc(-c3cccc(Cl)c3C)c2o1. The normalized spacial score (nSPS) is 11.5. The second kappa shape index (κ2) is 7.34. The first-order valence-corrected chi connectivity index (χ1v) is 8.39. The summed E-state index contributed by atoms with van der Waals surface area (Å²) in [6.45, 7) is 6.93. The Kier molecular flexibility index (Phi) is 5.19. The molecule has 3 rings (SSSR count). The number of pyridine rings is 1. The summed E-state index contributed by atoms with van der Waals surface area (Å²) in [5.41, 5.74) is 3.67. The van der Waals surface area contributed by atoms with Gasteiger partial charge < -0.3 is 13.9 Å². The molecule has 0 atom stereocenters. The standard InChI is InChI=1S/C19H20ClNO3/c1-4-22-19(23-5-2)17-9-13-10-21-11-15(18(13)24-17)14-7-6-8-16(20)12(14)3/h6-11,19H,4-5H2,1-3H3. The molecule has 0 aliphatic heterocycles. The molecule has 0 aliphatic rings. The zero-order valence-electron chi connectivity index (χ0n) is 14.0. The van der Waals surface area contributed by atoms with E-state index in [0.717, 1.165) is 32.7 Å². The van der Waals surface area contributed by atoms with Crippen molar-refractivity contribution in [2.75, 3.05) is 13.2 Å². The molecule has 0 amide bonds. The van der Waals surface area contributed by atoms with Gasteiger partial charge in [-0.25, -0.2) is 0 Å². The van der Waals surface area contributed by atoms with Crippen LogP contribution in [0.15, 0.2) is 41.1 Å². The van der Waals surface area contributed by atoms with Gasteiger partial charge in [0.05, 0.1) is 0 Å². The van der Waals surface area contributed by atoms with Crippen molar-refractivity contribution in [1.82, 2.24) is 4.98 Å². The maximum absolute atomic E-state index is 6.26. The molecule has 4 nitrogen and oxygen atoms in total. The molecule has 0 radical (unpaired) electrons. The monoisotopic (exact) mass is 345 g/mol. The predicted molar refractivity (Wildman–Crippen MR) is 95.2 cm³/mol. The third-order valence-corrected chi connectivity index (χ3v) is 4.28. The number of benzene rings is 1. The number of aromatic nitrogens is 1. The molecule has 0 aliphatic carbocycles. The van der Waals surface area contributed by atoms with Crippen LogP contribution in [-0.2, 0) is 9.47 Å². The molecular formula is C19H20ClNO3. The van der Waals surface area contributed by atoms with Crippen molar-refractivity contribution >= 4 is 22.6 Å². The fourth-order valence-corrected chi connectivity index (χ4v) is 2.88. The molecule has 0 saturated heterocycles. The number of furan rings is 1. The maximum Gasteiger partial charge on any atom is 0.217 e. The minimum absolute atomic E-state index is 0.513. The fourth-order valence-electron chi connectivity index (χ4n) is 2.70. The van der Waals surface area contributed by atoms with Gasteiger partial charge >= 0.3 is 0 Å². The summed E-state index contributed by atoms with van der Waals surface area (Å²) in [5.74, 6) is 0.641. The summed E-state index contributed by atoms with van der Waals surface area (Å²) in [6, 6.07) is 7.74. The van der Waals surface area contributed by atoms with Crippen LogP contribution in [0.5, 0.6) is 0 Å². The van der Waals surface area contributed by atoms with Crippen molar-refractivity contribution in [3.05, 3.63) is 53.0 Å². The van der Waals surface area contributed by atoms with Gasteiger partial charge in [-0.15, -0.1) is 0 Å². The highest BCUT2D eigenvalue weighted by Gasteiger charge is 2.19. The van der Waals surface area contributed by atoms with Crippen LogP contribution in [0.1, 0.15) is 31.5 Å². The molecule has 126 valence electrons. The predicted octanol–water partition coefficient (Wildman–Crippen LogP) is 5.53. The highest BCUT2D eigenvalue weighted by Crippen LogP contribution is 2.36. The Bertz CT molecular complexity index is 838. The Morgan fingerprint density at radius 2 is 1.88 bits per heavy atom. The van der Waals surface area contributed by atoms with Crippen molar-refractivity contribution in [2.45, 2.75) is 27.1 Å². The summed E-state index contributed by atoms with van der Waals surface area (Å²) in [4.78, 5) is 4.34. The van der Waals surface area contributed by atoms with Crippen LogP contribution in [0, 0.1) is 6.92 Å². The highest BCUT2D eigenvalue weighted by molar-refractivity contribution is 6.31. The number of ether oxygens (including phenoxy) is 2. The number of fused-ring (bicyclic) bond motifs is 1. The molecule has 5 heteroatoms. The van der Waals surface area contributed by atoms with E-state index in [1.807, 2.05) is 45.0 Å². The van der Waals surface area contributed by atoms with Crippen LogP contribution < -0.4 is 0 Å². The Hall–Kier alpha value is -1.88. The molecule has 24 heavy (non-hydrogen) atoms. The molecule has 0 N–H and O–H groups in total. The Labute approximate surface area is 146 Å². The van der Waals surface area contributed by atoms with Crippen LogP contribution in [-0.4, -0.2) is 18.2 Å². The molecule has 2 heterocycles. The summed E-state index contributed by atoms with van der Waals surface area (Å²) < 4.78 is 17.3. The molecule has 1 aromatic carbocycles. The third kappa shape index (κ3) is 3.18. The number of rotatable bonds is 6. The molecular weight excluding hydrogens is 326 g/mol. The van der Waals surface area contributed by atoms with E-state index in [2.05, 4.69) is 4.98 Å². The van der Waals surface area contributed by atoms with Gasteiger partial charge in [-0.05, 0) is 44.0 Å². The summed E-state index contributed by atoms with van der Waals surface area (Å²) in [7, 11) is 0. The Morgan fingerprint density at radius 1 is 1.12 bits per heavy atom. The molecule has 0 saturated carbocycles. The van der Waals surface area contributed by atoms with Gasteiger partial charge in [0.1, 0.15) is 5.58 Å². The molecule has 3 aromatic rings. The van der Waals surface area contributed by atoms with Crippen molar-refractivity contribution in [2.24, 2.45) is 0 Å². The number of hydrogen-bond donors (Lipinski definition) is 0. The van der Waals surface area contributed by atoms with E-state index in [4.69, 9.17) is 25.5 Å². The van der Waals surface area contributed by atoms with E-state index in [1.54, 1.807) is 12.4 Å². The van der Waals surface area contributed by atoms with E-state index in [-0.39, 0.29) is 0 Å². The van der Waals surface area contributed by atoms with E-state index in [9.17, 15) is 0 Å². The van der Waals surface area contributed by atoms with Crippen molar-refractivity contribution in [3.8, 4) is 11.1 Å². The lowest BCUT2D eigenvalue weighted by Crippen LogP contribution is -2.07. The van der Waals surface area contributed by atoms with Crippen molar-refractivity contribution in [3.63, 3.8) is 0 Å². The highest BCUT2D eigenvalue weighted by atomic mass is 35.5. The fraction of sp³-hybridized carbons (Fsp3) is 0.316. The second-order valence-electron chi connectivity index (χ2n) is 5.41. The first-order valence-electron chi connectivity index (χ1n) is 8.01. The average molecular weight is 346 g/mol. The van der Waals surface area contributed by atoms with Crippen molar-refractivity contribution in [1.29, 1.82) is 0 Å².